The summed E-state index contributed by atoms with van der Waals surface area (Å²) in [6.45, 7) is 5.24. The highest BCUT2D eigenvalue weighted by atomic mass is 79.9. The first-order chi connectivity index (χ1) is 6.06. The van der Waals surface area contributed by atoms with Crippen molar-refractivity contribution < 1.29 is 4.39 Å². The maximum absolute atomic E-state index is 13.5. The number of aryl methyl sites for hydroxylation is 1. The fraction of sp³-hybridized carbons (Fsp3) is 0.200. The molecule has 1 nitrogen and oxygen atoms in total. The van der Waals surface area contributed by atoms with Crippen molar-refractivity contribution in [1.29, 1.82) is 0 Å². The average Bonchev–Trinajstić information content (AvgIpc) is 2.10. The van der Waals surface area contributed by atoms with Crippen LogP contribution in [0.4, 0.5) is 4.39 Å². The van der Waals surface area contributed by atoms with Gasteiger partial charge in [-0.25, -0.2) is 4.39 Å². The summed E-state index contributed by atoms with van der Waals surface area (Å²) in [6, 6.07) is 2.94. The minimum Gasteiger partial charge on any atom is -0.321 e. The first-order valence-corrected chi connectivity index (χ1v) is 4.69. The average molecular weight is 281 g/mol. The SMILES string of the molecule is C=C[C@H](N)c1cc(Br)cc(C)c1F.Cl. The lowest BCUT2D eigenvalue weighted by molar-refractivity contribution is 0.593. The van der Waals surface area contributed by atoms with Crippen LogP contribution in [-0.4, -0.2) is 0 Å². The lowest BCUT2D eigenvalue weighted by Gasteiger charge is -2.10. The highest BCUT2D eigenvalue weighted by molar-refractivity contribution is 9.10. The van der Waals surface area contributed by atoms with Gasteiger partial charge in [-0.2, -0.15) is 0 Å². The van der Waals surface area contributed by atoms with Gasteiger partial charge in [0.25, 0.3) is 0 Å². The Labute approximate surface area is 97.7 Å². The van der Waals surface area contributed by atoms with Gasteiger partial charge >= 0.3 is 0 Å². The lowest BCUT2D eigenvalue weighted by Crippen LogP contribution is -2.09. The molecule has 1 atom stereocenters. The summed E-state index contributed by atoms with van der Waals surface area (Å²) in [5.74, 6) is -0.254. The van der Waals surface area contributed by atoms with Crippen molar-refractivity contribution in [2.45, 2.75) is 13.0 Å². The Morgan fingerprint density at radius 2 is 2.14 bits per heavy atom. The van der Waals surface area contributed by atoms with Gasteiger partial charge in [0.05, 0.1) is 6.04 Å². The molecule has 4 heteroatoms. The topological polar surface area (TPSA) is 26.0 Å². The molecule has 78 valence electrons. The molecule has 1 aromatic carbocycles. The molecule has 0 aromatic heterocycles. The summed E-state index contributed by atoms with van der Waals surface area (Å²) in [5, 5.41) is 0. The Kier molecular flexibility index (Phi) is 5.34. The maximum Gasteiger partial charge on any atom is 0.131 e. The van der Waals surface area contributed by atoms with Gasteiger partial charge in [-0.1, -0.05) is 22.0 Å². The first-order valence-electron chi connectivity index (χ1n) is 3.90. The molecule has 0 saturated carbocycles. The molecule has 0 bridgehead atoms. The number of hydrogen-bond acceptors (Lipinski definition) is 1. The summed E-state index contributed by atoms with van der Waals surface area (Å²) < 4.78 is 14.3. The van der Waals surface area contributed by atoms with Crippen LogP contribution in [0.3, 0.4) is 0 Å². The van der Waals surface area contributed by atoms with Crippen LogP contribution in [-0.2, 0) is 0 Å². The van der Waals surface area contributed by atoms with Crippen molar-refractivity contribution in [3.8, 4) is 0 Å². The summed E-state index contributed by atoms with van der Waals surface area (Å²) in [4.78, 5) is 0. The molecule has 0 saturated heterocycles. The standard InChI is InChI=1S/C10H11BrFN.ClH/c1-3-9(13)8-5-7(11)4-6(2)10(8)12;/h3-5,9H,1,13H2,2H3;1H/t9-;/m0./s1. The molecule has 0 unspecified atom stereocenters. The van der Waals surface area contributed by atoms with E-state index in [2.05, 4.69) is 22.5 Å². The van der Waals surface area contributed by atoms with E-state index in [0.717, 1.165) is 4.47 Å². The van der Waals surface area contributed by atoms with E-state index < -0.39 is 6.04 Å². The summed E-state index contributed by atoms with van der Waals surface area (Å²) >= 11 is 3.29. The van der Waals surface area contributed by atoms with Crippen LogP contribution < -0.4 is 5.73 Å². The Bertz CT molecular complexity index is 341. The van der Waals surface area contributed by atoms with E-state index in [1.54, 1.807) is 19.1 Å². The van der Waals surface area contributed by atoms with E-state index in [1.807, 2.05) is 0 Å². The van der Waals surface area contributed by atoms with Crippen LogP contribution in [0, 0.1) is 12.7 Å². The van der Waals surface area contributed by atoms with E-state index in [4.69, 9.17) is 5.73 Å². The van der Waals surface area contributed by atoms with Crippen LogP contribution in [0.5, 0.6) is 0 Å². The van der Waals surface area contributed by atoms with E-state index in [-0.39, 0.29) is 18.2 Å². The number of halogens is 3. The first kappa shape index (κ1) is 13.6. The highest BCUT2D eigenvalue weighted by Gasteiger charge is 2.11. The molecule has 0 amide bonds. The van der Waals surface area contributed by atoms with Crippen molar-refractivity contribution in [3.05, 3.63) is 46.2 Å². The zero-order valence-electron chi connectivity index (χ0n) is 7.76. The monoisotopic (exact) mass is 279 g/mol. The fourth-order valence-electron chi connectivity index (χ4n) is 1.12. The molecule has 1 aromatic rings. The van der Waals surface area contributed by atoms with Crippen LogP contribution in [0.25, 0.3) is 0 Å². The molecule has 1 rings (SSSR count). The molecule has 0 aliphatic heterocycles. The highest BCUT2D eigenvalue weighted by Crippen LogP contribution is 2.23. The number of nitrogens with two attached hydrogens (primary N) is 1. The molecule has 0 fully saturated rings. The molecule has 0 heterocycles. The van der Waals surface area contributed by atoms with Gasteiger partial charge in [0.1, 0.15) is 5.82 Å². The van der Waals surface area contributed by atoms with Crippen molar-refractivity contribution >= 4 is 28.3 Å². The molecule has 14 heavy (non-hydrogen) atoms. The summed E-state index contributed by atoms with van der Waals surface area (Å²) in [7, 11) is 0. The van der Waals surface area contributed by atoms with Crippen molar-refractivity contribution in [2.75, 3.05) is 0 Å². The lowest BCUT2D eigenvalue weighted by atomic mass is 10.0. The zero-order chi connectivity index (χ0) is 10.0. The van der Waals surface area contributed by atoms with Crippen LogP contribution in [0.2, 0.25) is 0 Å². The van der Waals surface area contributed by atoms with Crippen LogP contribution >= 0.6 is 28.3 Å². The smallest absolute Gasteiger partial charge is 0.131 e. The number of hydrogen-bond donors (Lipinski definition) is 1. The number of benzene rings is 1. The van der Waals surface area contributed by atoms with Gasteiger partial charge in [-0.05, 0) is 24.6 Å². The Morgan fingerprint density at radius 3 is 2.64 bits per heavy atom. The molecule has 2 N–H and O–H groups in total. The van der Waals surface area contributed by atoms with E-state index in [1.165, 1.54) is 6.08 Å². The fourth-order valence-corrected chi connectivity index (χ4v) is 1.71. The minimum atomic E-state index is -0.448. The third-order valence-electron chi connectivity index (χ3n) is 1.86. The normalized spacial score (nSPS) is 11.7. The second-order valence-corrected chi connectivity index (χ2v) is 3.80. The van der Waals surface area contributed by atoms with E-state index >= 15 is 0 Å². The van der Waals surface area contributed by atoms with E-state index in [9.17, 15) is 4.39 Å². The third-order valence-corrected chi connectivity index (χ3v) is 2.32. The molecule has 0 spiro atoms. The number of rotatable bonds is 2. The molecule has 0 aliphatic rings. The van der Waals surface area contributed by atoms with Gasteiger partial charge in [0.2, 0.25) is 0 Å². The van der Waals surface area contributed by atoms with Gasteiger partial charge in [-0.3, -0.25) is 0 Å². The Balaban J connectivity index is 0.00000169. The largest absolute Gasteiger partial charge is 0.321 e. The molecular weight excluding hydrogens is 268 g/mol. The molecular formula is C10H12BrClFN. The van der Waals surface area contributed by atoms with Crippen LogP contribution in [0.15, 0.2) is 29.3 Å². The van der Waals surface area contributed by atoms with Gasteiger partial charge in [-0.15, -0.1) is 19.0 Å². The molecule has 0 radical (unpaired) electrons. The van der Waals surface area contributed by atoms with Crippen LogP contribution in [0.1, 0.15) is 17.2 Å². The maximum atomic E-state index is 13.5. The quantitative estimate of drug-likeness (QED) is 0.824. The Hall–Kier alpha value is -0.380. The van der Waals surface area contributed by atoms with Gasteiger partial charge < -0.3 is 5.73 Å². The van der Waals surface area contributed by atoms with Crippen molar-refractivity contribution in [2.24, 2.45) is 5.73 Å². The Morgan fingerprint density at radius 1 is 1.57 bits per heavy atom. The zero-order valence-corrected chi connectivity index (χ0v) is 10.2. The third kappa shape index (κ3) is 2.80. The predicted octanol–water partition coefficient (Wildman–Crippen LogP) is 3.50. The predicted molar refractivity (Wildman–Crippen MR) is 63.2 cm³/mol. The van der Waals surface area contributed by atoms with Gasteiger partial charge in [0, 0.05) is 10.0 Å². The van der Waals surface area contributed by atoms with E-state index in [0.29, 0.717) is 11.1 Å². The second kappa shape index (κ2) is 5.49. The van der Waals surface area contributed by atoms with Crippen molar-refractivity contribution in [3.63, 3.8) is 0 Å². The van der Waals surface area contributed by atoms with Gasteiger partial charge in [0.15, 0.2) is 0 Å². The summed E-state index contributed by atoms with van der Waals surface area (Å²) in [6.07, 6.45) is 1.52. The summed E-state index contributed by atoms with van der Waals surface area (Å²) in [5.41, 5.74) is 6.71. The minimum absolute atomic E-state index is 0. The molecule has 0 aliphatic carbocycles. The van der Waals surface area contributed by atoms with Crippen molar-refractivity contribution in [1.82, 2.24) is 0 Å². The second-order valence-electron chi connectivity index (χ2n) is 2.89.